The number of benzene rings is 2. The maximum absolute atomic E-state index is 12.3. The van der Waals surface area contributed by atoms with Crippen LogP contribution in [0, 0.1) is 0 Å². The molecule has 0 saturated heterocycles. The first-order chi connectivity index (χ1) is 13.5. The van der Waals surface area contributed by atoms with Crippen LogP contribution >= 0.6 is 0 Å². The molecule has 0 heterocycles. The molecule has 7 heteroatoms. The highest BCUT2D eigenvalue weighted by atomic mass is 16.5. The van der Waals surface area contributed by atoms with Crippen LogP contribution in [-0.4, -0.2) is 32.6 Å². The number of ether oxygens (including phenoxy) is 3. The molecule has 28 heavy (non-hydrogen) atoms. The van der Waals surface area contributed by atoms with E-state index in [1.807, 2.05) is 31.2 Å². The van der Waals surface area contributed by atoms with E-state index < -0.39 is 0 Å². The molecule has 0 aliphatic carbocycles. The zero-order valence-electron chi connectivity index (χ0n) is 16.4. The standard InChI is InChI=1S/C21H24N2O5/c1-5-6-15-7-9-19(20(11-15)27-4)28-13-21(25)23-17-12-16(22-14(2)24)8-10-18(17)26-3/h5-12H,13H2,1-4H3,(H,22,24)(H,23,25). The average Bonchev–Trinajstić information content (AvgIpc) is 2.67. The Kier molecular flexibility index (Phi) is 7.45. The van der Waals surface area contributed by atoms with Gasteiger partial charge in [-0.25, -0.2) is 0 Å². The summed E-state index contributed by atoms with van der Waals surface area (Å²) in [6, 6.07) is 10.4. The molecule has 7 nitrogen and oxygen atoms in total. The van der Waals surface area contributed by atoms with Crippen molar-refractivity contribution in [2.24, 2.45) is 0 Å². The number of anilines is 2. The summed E-state index contributed by atoms with van der Waals surface area (Å²) < 4.78 is 16.2. The van der Waals surface area contributed by atoms with Gasteiger partial charge in [0.05, 0.1) is 19.9 Å². The van der Waals surface area contributed by atoms with Crippen LogP contribution in [0.5, 0.6) is 17.2 Å². The summed E-state index contributed by atoms with van der Waals surface area (Å²) >= 11 is 0. The third-order valence-corrected chi connectivity index (χ3v) is 3.70. The molecule has 0 aromatic heterocycles. The second kappa shape index (κ2) is 10.0. The molecule has 0 fully saturated rings. The predicted octanol–water partition coefficient (Wildman–Crippen LogP) is 3.71. The zero-order chi connectivity index (χ0) is 20.5. The Balaban J connectivity index is 2.07. The number of rotatable bonds is 8. The highest BCUT2D eigenvalue weighted by molar-refractivity contribution is 5.95. The Morgan fingerprint density at radius 1 is 0.964 bits per heavy atom. The normalized spacial score (nSPS) is 10.4. The van der Waals surface area contributed by atoms with E-state index in [1.54, 1.807) is 31.4 Å². The van der Waals surface area contributed by atoms with Crippen LogP contribution in [0.15, 0.2) is 42.5 Å². The molecule has 0 spiro atoms. The topological polar surface area (TPSA) is 85.9 Å². The Morgan fingerprint density at radius 2 is 1.68 bits per heavy atom. The minimum atomic E-state index is -0.377. The van der Waals surface area contributed by atoms with Crippen molar-refractivity contribution in [1.29, 1.82) is 0 Å². The fourth-order valence-electron chi connectivity index (χ4n) is 2.52. The smallest absolute Gasteiger partial charge is 0.262 e. The average molecular weight is 384 g/mol. The lowest BCUT2D eigenvalue weighted by Crippen LogP contribution is -2.21. The van der Waals surface area contributed by atoms with Crippen molar-refractivity contribution < 1.29 is 23.8 Å². The van der Waals surface area contributed by atoms with E-state index in [1.165, 1.54) is 14.0 Å². The van der Waals surface area contributed by atoms with Gasteiger partial charge in [-0.3, -0.25) is 9.59 Å². The van der Waals surface area contributed by atoms with Crippen molar-refractivity contribution in [2.75, 3.05) is 31.5 Å². The van der Waals surface area contributed by atoms with Gasteiger partial charge in [0, 0.05) is 12.6 Å². The summed E-state index contributed by atoms with van der Waals surface area (Å²) in [4.78, 5) is 23.5. The number of nitrogens with one attached hydrogen (secondary N) is 2. The molecular weight excluding hydrogens is 360 g/mol. The number of hydrogen-bond donors (Lipinski definition) is 2. The van der Waals surface area contributed by atoms with E-state index in [0.29, 0.717) is 28.6 Å². The first-order valence-electron chi connectivity index (χ1n) is 8.65. The molecular formula is C21H24N2O5. The van der Waals surface area contributed by atoms with Gasteiger partial charge in [-0.1, -0.05) is 18.2 Å². The number of amides is 2. The lowest BCUT2D eigenvalue weighted by molar-refractivity contribution is -0.118. The fraction of sp³-hybridized carbons (Fsp3) is 0.238. The van der Waals surface area contributed by atoms with E-state index >= 15 is 0 Å². The fourth-order valence-corrected chi connectivity index (χ4v) is 2.52. The molecule has 2 rings (SSSR count). The second-order valence-electron chi connectivity index (χ2n) is 5.84. The lowest BCUT2D eigenvalue weighted by Gasteiger charge is -2.14. The van der Waals surface area contributed by atoms with Gasteiger partial charge in [0.25, 0.3) is 5.91 Å². The van der Waals surface area contributed by atoms with E-state index in [9.17, 15) is 9.59 Å². The molecule has 2 N–H and O–H groups in total. The van der Waals surface area contributed by atoms with E-state index in [2.05, 4.69) is 10.6 Å². The van der Waals surface area contributed by atoms with Crippen LogP contribution in [0.25, 0.3) is 6.08 Å². The van der Waals surface area contributed by atoms with Crippen LogP contribution in [0.1, 0.15) is 19.4 Å². The van der Waals surface area contributed by atoms with Gasteiger partial charge in [0.1, 0.15) is 5.75 Å². The van der Waals surface area contributed by atoms with Gasteiger partial charge < -0.3 is 24.8 Å². The Morgan fingerprint density at radius 3 is 2.32 bits per heavy atom. The highest BCUT2D eigenvalue weighted by Gasteiger charge is 2.12. The van der Waals surface area contributed by atoms with Gasteiger partial charge in [-0.15, -0.1) is 0 Å². The first kappa shape index (κ1) is 20.8. The second-order valence-corrected chi connectivity index (χ2v) is 5.84. The van der Waals surface area contributed by atoms with Crippen LogP contribution < -0.4 is 24.8 Å². The minimum Gasteiger partial charge on any atom is -0.495 e. The van der Waals surface area contributed by atoms with Gasteiger partial charge in [-0.05, 0) is 42.8 Å². The van der Waals surface area contributed by atoms with Gasteiger partial charge >= 0.3 is 0 Å². The Labute approximate surface area is 164 Å². The van der Waals surface area contributed by atoms with E-state index in [-0.39, 0.29) is 18.4 Å². The van der Waals surface area contributed by atoms with Crippen molar-refractivity contribution in [3.63, 3.8) is 0 Å². The number of carbonyl (C=O) groups excluding carboxylic acids is 2. The minimum absolute atomic E-state index is 0.209. The van der Waals surface area contributed by atoms with Gasteiger partial charge in [0.15, 0.2) is 18.1 Å². The summed E-state index contributed by atoms with van der Waals surface area (Å²) in [5.74, 6) is 0.881. The third kappa shape index (κ3) is 5.77. The van der Waals surface area contributed by atoms with Gasteiger partial charge in [0.2, 0.25) is 5.91 Å². The van der Waals surface area contributed by atoms with Gasteiger partial charge in [-0.2, -0.15) is 0 Å². The maximum Gasteiger partial charge on any atom is 0.262 e. The summed E-state index contributed by atoms with van der Waals surface area (Å²) in [6.45, 7) is 3.12. The number of methoxy groups -OCH3 is 2. The summed E-state index contributed by atoms with van der Waals surface area (Å²) in [6.07, 6.45) is 3.86. The largest absolute Gasteiger partial charge is 0.495 e. The molecule has 2 aromatic rings. The van der Waals surface area contributed by atoms with E-state index in [0.717, 1.165) is 5.56 Å². The summed E-state index contributed by atoms with van der Waals surface area (Å²) in [5.41, 5.74) is 1.94. The first-order valence-corrected chi connectivity index (χ1v) is 8.65. The Bertz CT molecular complexity index is 877. The molecule has 2 amide bonds. The Hall–Kier alpha value is -3.48. The molecule has 0 unspecified atom stereocenters. The molecule has 0 bridgehead atoms. The van der Waals surface area contributed by atoms with Crippen molar-refractivity contribution in [2.45, 2.75) is 13.8 Å². The van der Waals surface area contributed by atoms with Crippen molar-refractivity contribution in [3.05, 3.63) is 48.0 Å². The molecule has 0 radical (unpaired) electrons. The quantitative estimate of drug-likeness (QED) is 0.725. The summed E-state index contributed by atoms with van der Waals surface area (Å²) in [7, 11) is 3.04. The van der Waals surface area contributed by atoms with Crippen molar-refractivity contribution in [3.8, 4) is 17.2 Å². The molecule has 148 valence electrons. The van der Waals surface area contributed by atoms with Crippen LogP contribution in [0.2, 0.25) is 0 Å². The molecule has 0 aliphatic rings. The predicted molar refractivity (Wildman–Crippen MR) is 109 cm³/mol. The van der Waals surface area contributed by atoms with Crippen molar-refractivity contribution in [1.82, 2.24) is 0 Å². The van der Waals surface area contributed by atoms with Crippen LogP contribution in [-0.2, 0) is 9.59 Å². The van der Waals surface area contributed by atoms with Crippen molar-refractivity contribution >= 4 is 29.3 Å². The lowest BCUT2D eigenvalue weighted by atomic mass is 10.2. The zero-order valence-corrected chi connectivity index (χ0v) is 16.4. The third-order valence-electron chi connectivity index (χ3n) is 3.70. The van der Waals surface area contributed by atoms with Crippen LogP contribution in [0.4, 0.5) is 11.4 Å². The number of hydrogen-bond acceptors (Lipinski definition) is 5. The molecule has 0 saturated carbocycles. The SMILES string of the molecule is CC=Cc1ccc(OCC(=O)Nc2cc(NC(C)=O)ccc2OC)c(OC)c1. The highest BCUT2D eigenvalue weighted by Crippen LogP contribution is 2.30. The number of allylic oxidation sites excluding steroid dienone is 1. The summed E-state index contributed by atoms with van der Waals surface area (Å²) in [5, 5.41) is 5.38. The number of carbonyl (C=O) groups is 2. The molecule has 0 aliphatic heterocycles. The maximum atomic E-state index is 12.3. The van der Waals surface area contributed by atoms with Crippen LogP contribution in [0.3, 0.4) is 0 Å². The molecule has 2 aromatic carbocycles. The monoisotopic (exact) mass is 384 g/mol. The van der Waals surface area contributed by atoms with E-state index in [4.69, 9.17) is 14.2 Å². The molecule has 0 atom stereocenters.